The van der Waals surface area contributed by atoms with Gasteiger partial charge in [-0.05, 0) is 44.7 Å². The van der Waals surface area contributed by atoms with E-state index >= 15 is 0 Å². The van der Waals surface area contributed by atoms with Crippen molar-refractivity contribution in [1.29, 1.82) is 0 Å². The molecular weight excluding hydrogens is 314 g/mol. The predicted molar refractivity (Wildman–Crippen MR) is 96.8 cm³/mol. The summed E-state index contributed by atoms with van der Waals surface area (Å²) in [5.74, 6) is 1.71. The normalized spacial score (nSPS) is 19.3. The SMILES string of the molecule is CC(Oc1cnc2c(n1)CCCC2)N1CCN(c2ccccn2)CC1. The Kier molecular flexibility index (Phi) is 4.78. The second-order valence-corrected chi connectivity index (χ2v) is 6.74. The molecule has 2 aromatic rings. The van der Waals surface area contributed by atoms with Gasteiger partial charge in [0.1, 0.15) is 5.82 Å². The lowest BCUT2D eigenvalue weighted by atomic mass is 10.0. The molecule has 25 heavy (non-hydrogen) atoms. The molecule has 1 aliphatic heterocycles. The number of fused-ring (bicyclic) bond motifs is 1. The lowest BCUT2D eigenvalue weighted by Gasteiger charge is -2.38. The van der Waals surface area contributed by atoms with Gasteiger partial charge in [0.25, 0.3) is 0 Å². The first-order valence-corrected chi connectivity index (χ1v) is 9.21. The van der Waals surface area contributed by atoms with E-state index in [-0.39, 0.29) is 6.23 Å². The fourth-order valence-electron chi connectivity index (χ4n) is 3.59. The summed E-state index contributed by atoms with van der Waals surface area (Å²) < 4.78 is 6.08. The van der Waals surface area contributed by atoms with Crippen LogP contribution >= 0.6 is 0 Å². The van der Waals surface area contributed by atoms with Crippen molar-refractivity contribution in [1.82, 2.24) is 19.9 Å². The molecule has 2 aliphatic rings. The molecule has 1 aliphatic carbocycles. The summed E-state index contributed by atoms with van der Waals surface area (Å²) >= 11 is 0. The van der Waals surface area contributed by atoms with E-state index in [1.807, 2.05) is 18.3 Å². The zero-order valence-corrected chi connectivity index (χ0v) is 14.8. The van der Waals surface area contributed by atoms with E-state index in [1.54, 1.807) is 6.20 Å². The average Bonchev–Trinajstić information content (AvgIpc) is 2.69. The topological polar surface area (TPSA) is 54.4 Å². The first kappa shape index (κ1) is 16.3. The largest absolute Gasteiger partial charge is 0.458 e. The van der Waals surface area contributed by atoms with Crippen LogP contribution in [-0.2, 0) is 12.8 Å². The van der Waals surface area contributed by atoms with Gasteiger partial charge in [0.2, 0.25) is 5.88 Å². The van der Waals surface area contributed by atoms with Crippen molar-refractivity contribution in [3.05, 3.63) is 42.0 Å². The summed E-state index contributed by atoms with van der Waals surface area (Å²) in [6.45, 7) is 5.92. The van der Waals surface area contributed by atoms with Crippen molar-refractivity contribution in [2.75, 3.05) is 31.1 Å². The Balaban J connectivity index is 1.34. The number of anilines is 1. The van der Waals surface area contributed by atoms with Gasteiger partial charge >= 0.3 is 0 Å². The van der Waals surface area contributed by atoms with Crippen molar-refractivity contribution in [2.45, 2.75) is 38.8 Å². The maximum Gasteiger partial charge on any atom is 0.234 e. The van der Waals surface area contributed by atoms with Crippen LogP contribution in [-0.4, -0.2) is 52.3 Å². The standard InChI is InChI=1S/C19H25N5O/c1-15(25-19-14-21-16-6-2-3-7-17(16)22-19)23-10-12-24(13-11-23)18-8-4-5-9-20-18/h4-5,8-9,14-15H,2-3,6-7,10-13H2,1H3. The maximum atomic E-state index is 6.08. The Morgan fingerprint density at radius 2 is 1.80 bits per heavy atom. The number of nitrogens with zero attached hydrogens (tertiary/aromatic N) is 5. The minimum Gasteiger partial charge on any atom is -0.458 e. The third-order valence-electron chi connectivity index (χ3n) is 5.08. The van der Waals surface area contributed by atoms with Gasteiger partial charge in [-0.25, -0.2) is 9.97 Å². The summed E-state index contributed by atoms with van der Waals surface area (Å²) in [7, 11) is 0. The van der Waals surface area contributed by atoms with Gasteiger partial charge in [0.15, 0.2) is 6.23 Å². The van der Waals surface area contributed by atoms with Gasteiger partial charge < -0.3 is 9.64 Å². The Bertz CT molecular complexity index is 700. The molecule has 3 heterocycles. The molecule has 6 heteroatoms. The van der Waals surface area contributed by atoms with Gasteiger partial charge in [-0.3, -0.25) is 9.88 Å². The van der Waals surface area contributed by atoms with Crippen LogP contribution in [0.3, 0.4) is 0 Å². The highest BCUT2D eigenvalue weighted by molar-refractivity contribution is 5.38. The molecule has 0 saturated carbocycles. The van der Waals surface area contributed by atoms with Crippen molar-refractivity contribution < 1.29 is 4.74 Å². The molecule has 0 amide bonds. The van der Waals surface area contributed by atoms with Crippen LogP contribution in [0.1, 0.15) is 31.2 Å². The van der Waals surface area contributed by atoms with Crippen LogP contribution in [0.4, 0.5) is 5.82 Å². The molecule has 1 saturated heterocycles. The smallest absolute Gasteiger partial charge is 0.234 e. The van der Waals surface area contributed by atoms with E-state index in [2.05, 4.69) is 37.7 Å². The molecule has 1 atom stereocenters. The minimum absolute atomic E-state index is 0.00169. The van der Waals surface area contributed by atoms with Crippen LogP contribution in [0.25, 0.3) is 0 Å². The maximum absolute atomic E-state index is 6.08. The van der Waals surface area contributed by atoms with Gasteiger partial charge in [-0.15, -0.1) is 0 Å². The first-order valence-electron chi connectivity index (χ1n) is 9.21. The summed E-state index contributed by atoms with van der Waals surface area (Å²) in [4.78, 5) is 18.3. The monoisotopic (exact) mass is 339 g/mol. The molecular formula is C19H25N5O. The van der Waals surface area contributed by atoms with Crippen LogP contribution in [0, 0.1) is 0 Å². The highest BCUT2D eigenvalue weighted by Gasteiger charge is 2.23. The van der Waals surface area contributed by atoms with E-state index in [1.165, 1.54) is 12.8 Å². The summed E-state index contributed by atoms with van der Waals surface area (Å²) in [5.41, 5.74) is 2.27. The van der Waals surface area contributed by atoms with Crippen molar-refractivity contribution in [3.8, 4) is 5.88 Å². The van der Waals surface area contributed by atoms with Crippen molar-refractivity contribution >= 4 is 5.82 Å². The Morgan fingerprint density at radius 3 is 2.56 bits per heavy atom. The van der Waals surface area contributed by atoms with Crippen molar-refractivity contribution in [2.24, 2.45) is 0 Å². The number of rotatable bonds is 4. The van der Waals surface area contributed by atoms with Gasteiger partial charge in [0, 0.05) is 32.4 Å². The number of pyridine rings is 1. The molecule has 0 N–H and O–H groups in total. The molecule has 132 valence electrons. The second-order valence-electron chi connectivity index (χ2n) is 6.74. The third-order valence-corrected chi connectivity index (χ3v) is 5.08. The number of piperazine rings is 1. The number of aromatic nitrogens is 3. The Morgan fingerprint density at radius 1 is 1.00 bits per heavy atom. The number of hydrogen-bond acceptors (Lipinski definition) is 6. The zero-order chi connectivity index (χ0) is 17.1. The van der Waals surface area contributed by atoms with Gasteiger partial charge in [0.05, 0.1) is 17.6 Å². The molecule has 2 aromatic heterocycles. The summed E-state index contributed by atoms with van der Waals surface area (Å²) in [6.07, 6.45) is 8.13. The Hall–Kier alpha value is -2.21. The first-order chi connectivity index (χ1) is 12.3. The molecule has 0 bridgehead atoms. The van der Waals surface area contributed by atoms with Crippen LogP contribution < -0.4 is 9.64 Å². The van der Waals surface area contributed by atoms with Gasteiger partial charge in [-0.1, -0.05) is 6.07 Å². The highest BCUT2D eigenvalue weighted by Crippen LogP contribution is 2.21. The van der Waals surface area contributed by atoms with Gasteiger partial charge in [-0.2, -0.15) is 0 Å². The predicted octanol–water partition coefficient (Wildman–Crippen LogP) is 2.30. The zero-order valence-electron chi connectivity index (χ0n) is 14.8. The van der Waals surface area contributed by atoms with E-state index < -0.39 is 0 Å². The molecule has 0 radical (unpaired) electrons. The van der Waals surface area contributed by atoms with E-state index in [9.17, 15) is 0 Å². The fraction of sp³-hybridized carbons (Fsp3) is 0.526. The fourth-order valence-corrected chi connectivity index (χ4v) is 3.59. The molecule has 0 aromatic carbocycles. The Labute approximate surface area is 148 Å². The van der Waals surface area contributed by atoms with Crippen molar-refractivity contribution in [3.63, 3.8) is 0 Å². The summed E-state index contributed by atoms with van der Waals surface area (Å²) in [6, 6.07) is 6.06. The minimum atomic E-state index is 0.00169. The second kappa shape index (κ2) is 7.35. The number of ether oxygens (including phenoxy) is 1. The third kappa shape index (κ3) is 3.74. The van der Waals surface area contributed by atoms with E-state index in [4.69, 9.17) is 4.74 Å². The van der Waals surface area contributed by atoms with Crippen LogP contribution in [0.15, 0.2) is 30.6 Å². The van der Waals surface area contributed by atoms with E-state index in [0.29, 0.717) is 5.88 Å². The average molecular weight is 339 g/mol. The van der Waals surface area contributed by atoms with Crippen LogP contribution in [0.2, 0.25) is 0 Å². The lowest BCUT2D eigenvalue weighted by Crippen LogP contribution is -2.51. The van der Waals surface area contributed by atoms with E-state index in [0.717, 1.165) is 56.2 Å². The molecule has 1 fully saturated rings. The highest BCUT2D eigenvalue weighted by atomic mass is 16.5. The summed E-state index contributed by atoms with van der Waals surface area (Å²) in [5, 5.41) is 0. The molecule has 6 nitrogen and oxygen atoms in total. The molecule has 4 rings (SSSR count). The molecule has 0 spiro atoms. The quantitative estimate of drug-likeness (QED) is 0.852. The lowest BCUT2D eigenvalue weighted by molar-refractivity contribution is 0.0316. The van der Waals surface area contributed by atoms with Crippen LogP contribution in [0.5, 0.6) is 5.88 Å². The molecule has 1 unspecified atom stereocenters. The number of aryl methyl sites for hydroxylation is 2. The number of hydrogen-bond donors (Lipinski definition) is 0.